The molecule has 120 valence electrons. The van der Waals surface area contributed by atoms with Gasteiger partial charge in [0, 0.05) is 12.3 Å². The van der Waals surface area contributed by atoms with Crippen molar-refractivity contribution >= 4 is 5.97 Å². The molecule has 5 nitrogen and oxygen atoms in total. The number of para-hydroxylation sites is 1. The molecule has 0 spiro atoms. The van der Waals surface area contributed by atoms with Crippen molar-refractivity contribution in [2.75, 3.05) is 7.11 Å². The second kappa shape index (κ2) is 7.28. The zero-order chi connectivity index (χ0) is 16.8. The molecule has 5 heteroatoms. The highest BCUT2D eigenvalue weighted by molar-refractivity contribution is 5.93. The minimum atomic E-state index is -0.481. The fraction of sp³-hybridized carbons (Fsp3) is 0.0526. The highest BCUT2D eigenvalue weighted by atomic mass is 16.5. The van der Waals surface area contributed by atoms with Crippen molar-refractivity contribution in [3.63, 3.8) is 0 Å². The van der Waals surface area contributed by atoms with Gasteiger partial charge in [-0.1, -0.05) is 18.2 Å². The van der Waals surface area contributed by atoms with Crippen molar-refractivity contribution in [1.29, 1.82) is 0 Å². The fourth-order valence-electron chi connectivity index (χ4n) is 2.08. The van der Waals surface area contributed by atoms with E-state index in [-0.39, 0.29) is 0 Å². The Morgan fingerprint density at radius 3 is 2.29 bits per heavy atom. The second-order valence-corrected chi connectivity index (χ2v) is 4.83. The van der Waals surface area contributed by atoms with Gasteiger partial charge in [0.25, 0.3) is 0 Å². The molecular formula is C19H15NO4. The molecule has 0 unspecified atom stereocenters. The molecule has 0 radical (unpaired) electrons. The summed E-state index contributed by atoms with van der Waals surface area (Å²) < 4.78 is 16.1. The van der Waals surface area contributed by atoms with Gasteiger partial charge < -0.3 is 14.2 Å². The summed E-state index contributed by atoms with van der Waals surface area (Å²) in [5.74, 6) is 1.50. The smallest absolute Gasteiger partial charge is 0.347 e. The zero-order valence-electron chi connectivity index (χ0n) is 13.0. The van der Waals surface area contributed by atoms with E-state index in [0.29, 0.717) is 28.7 Å². The maximum absolute atomic E-state index is 12.2. The van der Waals surface area contributed by atoms with E-state index in [2.05, 4.69) is 4.98 Å². The first-order valence-corrected chi connectivity index (χ1v) is 7.30. The molecule has 3 rings (SSSR count). The summed E-state index contributed by atoms with van der Waals surface area (Å²) in [5, 5.41) is 0. The van der Waals surface area contributed by atoms with E-state index in [4.69, 9.17) is 14.2 Å². The molecule has 0 aliphatic rings. The van der Waals surface area contributed by atoms with Gasteiger partial charge in [-0.05, 0) is 42.5 Å². The summed E-state index contributed by atoms with van der Waals surface area (Å²) in [6.45, 7) is 0. The molecule has 1 aromatic heterocycles. The molecule has 3 aromatic rings. The predicted octanol–water partition coefficient (Wildman–Crippen LogP) is 4.10. The molecule has 0 aliphatic heterocycles. The molecule has 1 heterocycles. The Balaban J connectivity index is 1.69. The Bertz CT molecular complexity index is 816. The second-order valence-electron chi connectivity index (χ2n) is 4.83. The molecular weight excluding hydrogens is 306 g/mol. The summed E-state index contributed by atoms with van der Waals surface area (Å²) in [5.41, 5.74) is 0.369. The molecule has 0 N–H and O–H groups in total. The van der Waals surface area contributed by atoms with E-state index in [1.54, 1.807) is 60.8 Å². The number of nitrogens with zero attached hydrogens (tertiary/aromatic N) is 1. The molecule has 0 aliphatic carbocycles. The van der Waals surface area contributed by atoms with Gasteiger partial charge in [-0.25, -0.2) is 9.78 Å². The number of rotatable bonds is 5. The van der Waals surface area contributed by atoms with Crippen LogP contribution in [0.2, 0.25) is 0 Å². The molecule has 0 saturated heterocycles. The van der Waals surface area contributed by atoms with Crippen molar-refractivity contribution in [3.8, 4) is 23.1 Å². The van der Waals surface area contributed by atoms with Crippen LogP contribution in [0, 0.1) is 0 Å². The minimum Gasteiger partial charge on any atom is -0.496 e. The molecule has 0 saturated carbocycles. The lowest BCUT2D eigenvalue weighted by Gasteiger charge is -2.09. The molecule has 0 amide bonds. The average molecular weight is 321 g/mol. The first-order chi connectivity index (χ1) is 11.8. The highest BCUT2D eigenvalue weighted by Gasteiger charge is 2.13. The Hall–Kier alpha value is -3.34. The van der Waals surface area contributed by atoms with E-state index in [1.807, 2.05) is 12.1 Å². The Kier molecular flexibility index (Phi) is 4.72. The third-order valence-corrected chi connectivity index (χ3v) is 3.22. The van der Waals surface area contributed by atoms with Gasteiger partial charge in [0.1, 0.15) is 22.8 Å². The molecule has 24 heavy (non-hydrogen) atoms. The summed E-state index contributed by atoms with van der Waals surface area (Å²) in [6.07, 6.45) is 1.65. The van der Waals surface area contributed by atoms with Crippen LogP contribution in [-0.4, -0.2) is 18.1 Å². The van der Waals surface area contributed by atoms with Crippen molar-refractivity contribution in [2.45, 2.75) is 0 Å². The third kappa shape index (κ3) is 3.70. The zero-order valence-corrected chi connectivity index (χ0v) is 13.0. The summed E-state index contributed by atoms with van der Waals surface area (Å²) in [7, 11) is 1.51. The van der Waals surface area contributed by atoms with Crippen LogP contribution in [0.3, 0.4) is 0 Å². The van der Waals surface area contributed by atoms with Crippen LogP contribution in [-0.2, 0) is 0 Å². The van der Waals surface area contributed by atoms with Crippen LogP contribution in [0.1, 0.15) is 10.4 Å². The number of aromatic nitrogens is 1. The van der Waals surface area contributed by atoms with E-state index in [0.717, 1.165) is 0 Å². The maximum atomic E-state index is 12.2. The van der Waals surface area contributed by atoms with Gasteiger partial charge in [0.15, 0.2) is 0 Å². The number of carbonyl (C=O) groups excluding carboxylic acids is 1. The summed E-state index contributed by atoms with van der Waals surface area (Å²) in [6, 6.07) is 19.0. The van der Waals surface area contributed by atoms with Crippen LogP contribution >= 0.6 is 0 Å². The van der Waals surface area contributed by atoms with Crippen molar-refractivity contribution in [1.82, 2.24) is 4.98 Å². The third-order valence-electron chi connectivity index (χ3n) is 3.22. The predicted molar refractivity (Wildman–Crippen MR) is 88.7 cm³/mol. The van der Waals surface area contributed by atoms with Crippen LogP contribution < -0.4 is 14.2 Å². The van der Waals surface area contributed by atoms with Crippen LogP contribution in [0.4, 0.5) is 0 Å². The number of hydrogen-bond acceptors (Lipinski definition) is 5. The SMILES string of the molecule is COc1ccccc1C(=O)Oc1ccc(Oc2ccccn2)cc1. The minimum absolute atomic E-state index is 0.369. The number of hydrogen-bond donors (Lipinski definition) is 0. The van der Waals surface area contributed by atoms with Gasteiger partial charge in [-0.2, -0.15) is 0 Å². The van der Waals surface area contributed by atoms with Gasteiger partial charge in [-0.3, -0.25) is 0 Å². The molecule has 0 bridgehead atoms. The normalized spacial score (nSPS) is 10.0. The lowest BCUT2D eigenvalue weighted by molar-refractivity contribution is 0.0731. The van der Waals surface area contributed by atoms with Crippen molar-refractivity contribution in [3.05, 3.63) is 78.5 Å². The molecule has 0 fully saturated rings. The van der Waals surface area contributed by atoms with E-state index in [1.165, 1.54) is 7.11 Å². The first-order valence-electron chi connectivity index (χ1n) is 7.30. The Morgan fingerprint density at radius 1 is 0.875 bits per heavy atom. The lowest BCUT2D eigenvalue weighted by atomic mass is 10.2. The summed E-state index contributed by atoms with van der Waals surface area (Å²) in [4.78, 5) is 16.3. The average Bonchev–Trinajstić information content (AvgIpc) is 2.64. The van der Waals surface area contributed by atoms with Crippen LogP contribution in [0.5, 0.6) is 23.1 Å². The van der Waals surface area contributed by atoms with Crippen molar-refractivity contribution in [2.24, 2.45) is 0 Å². The lowest BCUT2D eigenvalue weighted by Crippen LogP contribution is -2.09. The Morgan fingerprint density at radius 2 is 1.58 bits per heavy atom. The highest BCUT2D eigenvalue weighted by Crippen LogP contribution is 2.24. The van der Waals surface area contributed by atoms with Crippen molar-refractivity contribution < 1.29 is 19.0 Å². The monoisotopic (exact) mass is 321 g/mol. The number of benzene rings is 2. The van der Waals surface area contributed by atoms with Crippen LogP contribution in [0.25, 0.3) is 0 Å². The topological polar surface area (TPSA) is 57.7 Å². The number of pyridine rings is 1. The van der Waals surface area contributed by atoms with Gasteiger partial charge in [-0.15, -0.1) is 0 Å². The molecule has 0 atom stereocenters. The van der Waals surface area contributed by atoms with E-state index < -0.39 is 5.97 Å². The molecule has 2 aromatic carbocycles. The van der Waals surface area contributed by atoms with E-state index >= 15 is 0 Å². The Labute approximate surface area is 139 Å². The standard InChI is InChI=1S/C19H15NO4/c1-22-17-7-3-2-6-16(17)19(21)24-15-11-9-14(10-12-15)23-18-8-4-5-13-20-18/h2-13H,1H3. The summed E-state index contributed by atoms with van der Waals surface area (Å²) >= 11 is 0. The number of carbonyl (C=O) groups is 1. The first kappa shape index (κ1) is 15.6. The van der Waals surface area contributed by atoms with Crippen LogP contribution in [0.15, 0.2) is 72.9 Å². The maximum Gasteiger partial charge on any atom is 0.347 e. The number of esters is 1. The van der Waals surface area contributed by atoms with Gasteiger partial charge >= 0.3 is 5.97 Å². The number of methoxy groups -OCH3 is 1. The van der Waals surface area contributed by atoms with Gasteiger partial charge in [0.2, 0.25) is 5.88 Å². The fourth-order valence-corrected chi connectivity index (χ4v) is 2.08. The van der Waals surface area contributed by atoms with E-state index in [9.17, 15) is 4.79 Å². The quantitative estimate of drug-likeness (QED) is 0.523. The van der Waals surface area contributed by atoms with Gasteiger partial charge in [0.05, 0.1) is 7.11 Å². The number of ether oxygens (including phenoxy) is 3. The largest absolute Gasteiger partial charge is 0.496 e.